The Morgan fingerprint density at radius 3 is 2.21 bits per heavy atom. The zero-order valence-corrected chi connectivity index (χ0v) is 12.3. The summed E-state index contributed by atoms with van der Waals surface area (Å²) in [5.74, 6) is -2.64. The van der Waals surface area contributed by atoms with Crippen molar-refractivity contribution in [3.63, 3.8) is 0 Å². The predicted octanol–water partition coefficient (Wildman–Crippen LogP) is -0.809. The molecule has 0 aliphatic heterocycles. The Hall–Kier alpha value is -1.44. The van der Waals surface area contributed by atoms with Crippen LogP contribution < -0.4 is 5.32 Å². The summed E-state index contributed by atoms with van der Waals surface area (Å²) in [5, 5.41) is 11.0. The lowest BCUT2D eigenvalue weighted by molar-refractivity contribution is -0.140. The standard InChI is InChI=1S/C11H20N2O5S/c1-7(2)13(4)10(15)6-19(18)5-9(11(16)17)12-8(3)14/h7,9H,5-6H2,1-4H3,(H,12,14)(H,16,17)/t9-,19?/m0/s1. The Bertz CT molecular complexity index is 383. The van der Waals surface area contributed by atoms with E-state index in [0.717, 1.165) is 0 Å². The molecule has 1 unspecified atom stereocenters. The molecule has 7 nitrogen and oxygen atoms in total. The Kier molecular flexibility index (Phi) is 7.28. The Morgan fingerprint density at radius 2 is 1.84 bits per heavy atom. The highest BCUT2D eigenvalue weighted by Crippen LogP contribution is 1.98. The monoisotopic (exact) mass is 292 g/mol. The van der Waals surface area contributed by atoms with Crippen molar-refractivity contribution in [1.29, 1.82) is 0 Å². The molecule has 0 aromatic rings. The van der Waals surface area contributed by atoms with Gasteiger partial charge >= 0.3 is 5.97 Å². The summed E-state index contributed by atoms with van der Waals surface area (Å²) in [6, 6.07) is -1.26. The molecule has 2 amide bonds. The maximum atomic E-state index is 11.7. The maximum absolute atomic E-state index is 11.7. The third kappa shape index (κ3) is 6.90. The van der Waals surface area contributed by atoms with Gasteiger partial charge in [0.05, 0.1) is 5.75 Å². The van der Waals surface area contributed by atoms with Gasteiger partial charge in [0.15, 0.2) is 0 Å². The molecule has 2 N–H and O–H groups in total. The number of carboxylic acid groups (broad SMARTS) is 1. The number of hydrogen-bond acceptors (Lipinski definition) is 4. The lowest BCUT2D eigenvalue weighted by Crippen LogP contribution is -2.45. The first-order valence-electron chi connectivity index (χ1n) is 5.75. The van der Waals surface area contributed by atoms with E-state index in [1.807, 2.05) is 13.8 Å². The molecule has 0 bridgehead atoms. The van der Waals surface area contributed by atoms with Crippen molar-refractivity contribution < 1.29 is 23.7 Å². The van der Waals surface area contributed by atoms with Crippen molar-refractivity contribution in [3.05, 3.63) is 0 Å². The lowest BCUT2D eigenvalue weighted by atomic mass is 10.3. The Balaban J connectivity index is 4.46. The zero-order chi connectivity index (χ0) is 15.2. The smallest absolute Gasteiger partial charge is 0.327 e. The second-order valence-corrected chi connectivity index (χ2v) is 5.94. The van der Waals surface area contributed by atoms with Crippen LogP contribution in [0.4, 0.5) is 0 Å². The van der Waals surface area contributed by atoms with E-state index in [0.29, 0.717) is 0 Å². The molecule has 0 saturated heterocycles. The SMILES string of the molecule is CC(=O)N[C@@H](CS(=O)CC(=O)N(C)C(C)C)C(=O)O. The van der Waals surface area contributed by atoms with Gasteiger partial charge in [0.1, 0.15) is 11.8 Å². The van der Waals surface area contributed by atoms with Crippen molar-refractivity contribution in [1.82, 2.24) is 10.2 Å². The maximum Gasteiger partial charge on any atom is 0.327 e. The number of carbonyl (C=O) groups excluding carboxylic acids is 2. The molecule has 0 rings (SSSR count). The molecule has 0 aromatic carbocycles. The first-order valence-corrected chi connectivity index (χ1v) is 7.24. The van der Waals surface area contributed by atoms with Gasteiger partial charge in [-0.2, -0.15) is 0 Å². The second-order valence-electron chi connectivity index (χ2n) is 4.44. The summed E-state index contributed by atoms with van der Waals surface area (Å²) < 4.78 is 11.7. The van der Waals surface area contributed by atoms with Crippen molar-refractivity contribution in [2.75, 3.05) is 18.6 Å². The highest BCUT2D eigenvalue weighted by molar-refractivity contribution is 7.85. The third-order valence-electron chi connectivity index (χ3n) is 2.48. The minimum Gasteiger partial charge on any atom is -0.480 e. The first-order chi connectivity index (χ1) is 8.65. The Morgan fingerprint density at radius 1 is 1.32 bits per heavy atom. The fourth-order valence-electron chi connectivity index (χ4n) is 1.19. The fourth-order valence-corrected chi connectivity index (χ4v) is 2.39. The summed E-state index contributed by atoms with van der Waals surface area (Å²) in [6.45, 7) is 4.81. The molecule has 19 heavy (non-hydrogen) atoms. The van der Waals surface area contributed by atoms with Crippen molar-refractivity contribution in [2.45, 2.75) is 32.9 Å². The van der Waals surface area contributed by atoms with E-state index < -0.39 is 28.7 Å². The molecule has 0 aromatic heterocycles. The summed E-state index contributed by atoms with van der Waals surface area (Å²) in [7, 11) is -0.0511. The normalized spacial score (nSPS) is 13.7. The molecule has 2 atom stereocenters. The molecule has 0 aliphatic carbocycles. The van der Waals surface area contributed by atoms with Crippen LogP contribution in [0.15, 0.2) is 0 Å². The molecule has 0 spiro atoms. The molecule has 8 heteroatoms. The number of nitrogens with one attached hydrogen (secondary N) is 1. The largest absolute Gasteiger partial charge is 0.480 e. The van der Waals surface area contributed by atoms with E-state index in [1.165, 1.54) is 11.8 Å². The third-order valence-corrected chi connectivity index (χ3v) is 3.75. The molecule has 0 fully saturated rings. The minimum atomic E-state index is -1.64. The quantitative estimate of drug-likeness (QED) is 0.639. The van der Waals surface area contributed by atoms with Gasteiger partial charge in [0, 0.05) is 30.8 Å². The summed E-state index contributed by atoms with van der Waals surface area (Å²) in [6.07, 6.45) is 0. The predicted molar refractivity (Wildman–Crippen MR) is 71.0 cm³/mol. The van der Waals surface area contributed by atoms with E-state index in [4.69, 9.17) is 5.11 Å². The minimum absolute atomic E-state index is 0.0184. The van der Waals surface area contributed by atoms with E-state index in [1.54, 1.807) is 7.05 Å². The van der Waals surface area contributed by atoms with Gasteiger partial charge in [-0.15, -0.1) is 0 Å². The Labute approximate surface area is 114 Å². The van der Waals surface area contributed by atoms with Crippen LogP contribution in [0.25, 0.3) is 0 Å². The number of hydrogen-bond donors (Lipinski definition) is 2. The summed E-state index contributed by atoms with van der Waals surface area (Å²) in [4.78, 5) is 34.8. The van der Waals surface area contributed by atoms with Crippen molar-refractivity contribution in [2.24, 2.45) is 0 Å². The van der Waals surface area contributed by atoms with Gasteiger partial charge in [-0.3, -0.25) is 13.8 Å². The van der Waals surface area contributed by atoms with E-state index in [2.05, 4.69) is 5.32 Å². The van der Waals surface area contributed by atoms with Crippen LogP contribution in [-0.2, 0) is 25.2 Å². The van der Waals surface area contributed by atoms with Crippen LogP contribution in [0.2, 0.25) is 0 Å². The van der Waals surface area contributed by atoms with Gasteiger partial charge in [-0.1, -0.05) is 0 Å². The molecule has 0 aliphatic rings. The van der Waals surface area contributed by atoms with Crippen molar-refractivity contribution >= 4 is 28.6 Å². The lowest BCUT2D eigenvalue weighted by Gasteiger charge is -2.21. The van der Waals surface area contributed by atoms with Crippen LogP contribution >= 0.6 is 0 Å². The average Bonchev–Trinajstić information content (AvgIpc) is 2.25. The molecular formula is C11H20N2O5S. The summed E-state index contributed by atoms with van der Waals surface area (Å²) in [5.41, 5.74) is 0. The second kappa shape index (κ2) is 7.88. The highest BCUT2D eigenvalue weighted by atomic mass is 32.2. The molecule has 0 heterocycles. The van der Waals surface area contributed by atoms with Crippen molar-refractivity contribution in [3.8, 4) is 0 Å². The van der Waals surface area contributed by atoms with Gasteiger partial charge in [-0.25, -0.2) is 4.79 Å². The highest BCUT2D eigenvalue weighted by Gasteiger charge is 2.23. The molecular weight excluding hydrogens is 272 g/mol. The van der Waals surface area contributed by atoms with Gasteiger partial charge in [-0.05, 0) is 13.8 Å². The van der Waals surface area contributed by atoms with Gasteiger partial charge < -0.3 is 15.3 Å². The van der Waals surface area contributed by atoms with Crippen LogP contribution in [0.5, 0.6) is 0 Å². The number of carboxylic acids is 1. The van der Waals surface area contributed by atoms with E-state index >= 15 is 0 Å². The van der Waals surface area contributed by atoms with Crippen LogP contribution in [0, 0.1) is 0 Å². The first kappa shape index (κ1) is 17.6. The molecule has 0 radical (unpaired) electrons. The number of rotatable bonds is 7. The van der Waals surface area contributed by atoms with Crippen LogP contribution in [0.1, 0.15) is 20.8 Å². The molecule has 0 saturated carbocycles. The van der Waals surface area contributed by atoms with Gasteiger partial charge in [0.25, 0.3) is 0 Å². The fraction of sp³-hybridized carbons (Fsp3) is 0.727. The average molecular weight is 292 g/mol. The van der Waals surface area contributed by atoms with E-state index in [-0.39, 0.29) is 23.5 Å². The van der Waals surface area contributed by atoms with E-state index in [9.17, 15) is 18.6 Å². The summed E-state index contributed by atoms with van der Waals surface area (Å²) >= 11 is 0. The van der Waals surface area contributed by atoms with Crippen LogP contribution in [0.3, 0.4) is 0 Å². The van der Waals surface area contributed by atoms with Crippen LogP contribution in [-0.4, -0.2) is 62.6 Å². The number of aliphatic carboxylic acids is 1. The molecule has 110 valence electrons. The number of carbonyl (C=O) groups is 3. The number of nitrogens with zero attached hydrogens (tertiary/aromatic N) is 1. The topological polar surface area (TPSA) is 104 Å². The zero-order valence-electron chi connectivity index (χ0n) is 11.5. The van der Waals surface area contributed by atoms with Gasteiger partial charge in [0.2, 0.25) is 11.8 Å². The number of amides is 2.